The molecule has 1 aromatic heterocycles. The standard InChI is InChI=1S/C22H27N3OS/c1-5-17-10-12-18(13-11-17)14-24(3)15-21(26)25(4)16(2)22-23-19-8-6-7-9-20(19)27-22/h6-13,16H,5,14-15H2,1-4H3/p+1/t16-/m1/s1. The fourth-order valence-corrected chi connectivity index (χ4v) is 4.20. The first-order valence-electron chi connectivity index (χ1n) is 9.48. The molecule has 0 aliphatic rings. The molecule has 0 aliphatic heterocycles. The van der Waals surface area contributed by atoms with Crippen LogP contribution < -0.4 is 4.90 Å². The van der Waals surface area contributed by atoms with Crippen molar-refractivity contribution >= 4 is 27.5 Å². The van der Waals surface area contributed by atoms with Gasteiger partial charge in [-0.25, -0.2) is 4.98 Å². The number of thiazole rings is 1. The molecule has 3 rings (SSSR count). The quantitative estimate of drug-likeness (QED) is 0.682. The Kier molecular flexibility index (Phi) is 6.24. The number of benzene rings is 2. The number of rotatable bonds is 7. The summed E-state index contributed by atoms with van der Waals surface area (Å²) in [4.78, 5) is 20.5. The molecular weight excluding hydrogens is 354 g/mol. The molecular formula is C22H28N3OS+. The van der Waals surface area contributed by atoms with Crippen molar-refractivity contribution in [1.82, 2.24) is 9.88 Å². The van der Waals surface area contributed by atoms with E-state index >= 15 is 0 Å². The van der Waals surface area contributed by atoms with Crippen LogP contribution in [-0.4, -0.2) is 36.4 Å². The zero-order valence-electron chi connectivity index (χ0n) is 16.5. The zero-order valence-corrected chi connectivity index (χ0v) is 17.3. The maximum atomic E-state index is 12.8. The minimum Gasteiger partial charge on any atom is -0.332 e. The van der Waals surface area contributed by atoms with Crippen LogP contribution in [0.2, 0.25) is 0 Å². The Hall–Kier alpha value is -2.24. The third-order valence-corrected chi connectivity index (χ3v) is 6.24. The Labute approximate surface area is 165 Å². The highest BCUT2D eigenvalue weighted by Gasteiger charge is 2.23. The maximum Gasteiger partial charge on any atom is 0.278 e. The van der Waals surface area contributed by atoms with Crippen molar-refractivity contribution in [3.63, 3.8) is 0 Å². The fraction of sp³-hybridized carbons (Fsp3) is 0.364. The fourth-order valence-electron chi connectivity index (χ4n) is 3.14. The van der Waals surface area contributed by atoms with Gasteiger partial charge in [-0.05, 0) is 31.0 Å². The average Bonchev–Trinajstić information content (AvgIpc) is 3.11. The number of carbonyl (C=O) groups excluding carboxylic acids is 1. The molecule has 2 atom stereocenters. The molecule has 0 aliphatic carbocycles. The van der Waals surface area contributed by atoms with Crippen molar-refractivity contribution < 1.29 is 9.69 Å². The molecule has 0 radical (unpaired) electrons. The lowest BCUT2D eigenvalue weighted by atomic mass is 10.1. The van der Waals surface area contributed by atoms with E-state index in [2.05, 4.69) is 51.2 Å². The first kappa shape index (κ1) is 19.5. The number of carbonyl (C=O) groups is 1. The zero-order chi connectivity index (χ0) is 19.4. The lowest BCUT2D eigenvalue weighted by molar-refractivity contribution is -0.885. The molecule has 0 spiro atoms. The van der Waals surface area contributed by atoms with Gasteiger partial charge in [0.15, 0.2) is 6.54 Å². The van der Waals surface area contributed by atoms with Gasteiger partial charge in [0.05, 0.1) is 23.3 Å². The van der Waals surface area contributed by atoms with E-state index in [-0.39, 0.29) is 11.9 Å². The van der Waals surface area contributed by atoms with Crippen LogP contribution in [0.15, 0.2) is 48.5 Å². The van der Waals surface area contributed by atoms with Crippen molar-refractivity contribution in [2.75, 3.05) is 20.6 Å². The summed E-state index contributed by atoms with van der Waals surface area (Å²) in [6, 6.07) is 16.8. The molecule has 0 fully saturated rings. The lowest BCUT2D eigenvalue weighted by Crippen LogP contribution is -3.08. The van der Waals surface area contributed by atoms with Gasteiger partial charge in [-0.15, -0.1) is 11.3 Å². The van der Waals surface area contributed by atoms with Gasteiger partial charge >= 0.3 is 0 Å². The summed E-state index contributed by atoms with van der Waals surface area (Å²) in [6.07, 6.45) is 1.05. The van der Waals surface area contributed by atoms with E-state index in [9.17, 15) is 4.79 Å². The SMILES string of the molecule is CCc1ccc(C[NH+](C)CC(=O)N(C)[C@H](C)c2nc3ccccc3s2)cc1. The number of amides is 1. The number of aryl methyl sites for hydroxylation is 1. The van der Waals surface area contributed by atoms with Crippen LogP contribution in [0.5, 0.6) is 0 Å². The molecule has 1 unspecified atom stereocenters. The molecule has 142 valence electrons. The van der Waals surface area contributed by atoms with Gasteiger partial charge in [-0.1, -0.05) is 43.3 Å². The van der Waals surface area contributed by atoms with Crippen molar-refractivity contribution in [1.29, 1.82) is 0 Å². The number of para-hydroxylation sites is 1. The average molecular weight is 383 g/mol. The molecule has 1 N–H and O–H groups in total. The van der Waals surface area contributed by atoms with Crippen LogP contribution in [0, 0.1) is 0 Å². The molecule has 4 nitrogen and oxygen atoms in total. The molecule has 0 saturated heterocycles. The Bertz CT molecular complexity index is 870. The van der Waals surface area contributed by atoms with Gasteiger partial charge in [-0.2, -0.15) is 0 Å². The number of fused-ring (bicyclic) bond motifs is 1. The predicted octanol–water partition coefficient (Wildman–Crippen LogP) is 3.09. The minimum atomic E-state index is -0.0217. The van der Waals surface area contributed by atoms with Gasteiger partial charge in [0.1, 0.15) is 11.6 Å². The Balaban J connectivity index is 1.60. The number of likely N-dealkylation sites (N-methyl/N-ethyl adjacent to an activating group) is 2. The van der Waals surface area contributed by atoms with E-state index in [4.69, 9.17) is 4.98 Å². The molecule has 1 amide bonds. The summed E-state index contributed by atoms with van der Waals surface area (Å²) < 4.78 is 1.17. The summed E-state index contributed by atoms with van der Waals surface area (Å²) >= 11 is 1.66. The van der Waals surface area contributed by atoms with Crippen LogP contribution in [0.25, 0.3) is 10.2 Å². The number of nitrogens with one attached hydrogen (secondary N) is 1. The van der Waals surface area contributed by atoms with Crippen LogP contribution in [0.4, 0.5) is 0 Å². The summed E-state index contributed by atoms with van der Waals surface area (Å²) in [5.41, 5.74) is 3.61. The third-order valence-electron chi connectivity index (χ3n) is 5.03. The largest absolute Gasteiger partial charge is 0.332 e. The highest BCUT2D eigenvalue weighted by atomic mass is 32.1. The van der Waals surface area contributed by atoms with E-state index in [1.165, 1.54) is 20.7 Å². The van der Waals surface area contributed by atoms with Gasteiger partial charge in [-0.3, -0.25) is 4.79 Å². The Morgan fingerprint density at radius 1 is 1.15 bits per heavy atom. The Morgan fingerprint density at radius 2 is 1.81 bits per heavy atom. The Morgan fingerprint density at radius 3 is 2.48 bits per heavy atom. The van der Waals surface area contributed by atoms with Gasteiger partial charge in [0.25, 0.3) is 5.91 Å². The van der Waals surface area contributed by atoms with E-state index in [1.54, 1.807) is 11.3 Å². The lowest BCUT2D eigenvalue weighted by Gasteiger charge is -2.24. The molecule has 0 bridgehead atoms. The number of aromatic nitrogens is 1. The second-order valence-electron chi connectivity index (χ2n) is 7.18. The molecule has 0 saturated carbocycles. The van der Waals surface area contributed by atoms with Crippen LogP contribution in [0.3, 0.4) is 0 Å². The first-order valence-corrected chi connectivity index (χ1v) is 10.3. The highest BCUT2D eigenvalue weighted by molar-refractivity contribution is 7.18. The van der Waals surface area contributed by atoms with Gasteiger partial charge in [0, 0.05) is 12.6 Å². The van der Waals surface area contributed by atoms with Crippen molar-refractivity contribution in [2.24, 2.45) is 0 Å². The first-order chi connectivity index (χ1) is 13.0. The maximum absolute atomic E-state index is 12.8. The monoisotopic (exact) mass is 382 g/mol. The predicted molar refractivity (Wildman–Crippen MR) is 112 cm³/mol. The van der Waals surface area contributed by atoms with Crippen LogP contribution in [0.1, 0.15) is 36.0 Å². The minimum absolute atomic E-state index is 0.0217. The van der Waals surface area contributed by atoms with Crippen LogP contribution in [-0.2, 0) is 17.8 Å². The topological polar surface area (TPSA) is 37.6 Å². The normalized spacial score (nSPS) is 13.5. The second kappa shape index (κ2) is 8.63. The number of quaternary nitrogens is 1. The smallest absolute Gasteiger partial charge is 0.278 e. The molecule has 3 aromatic rings. The van der Waals surface area contributed by atoms with Gasteiger partial charge < -0.3 is 9.80 Å². The molecule has 5 heteroatoms. The van der Waals surface area contributed by atoms with Crippen LogP contribution >= 0.6 is 11.3 Å². The second-order valence-corrected chi connectivity index (χ2v) is 8.24. The molecule has 27 heavy (non-hydrogen) atoms. The van der Waals surface area contributed by atoms with Crippen molar-refractivity contribution in [3.8, 4) is 0 Å². The summed E-state index contributed by atoms with van der Waals surface area (Å²) in [7, 11) is 3.95. The number of hydrogen-bond donors (Lipinski definition) is 1. The highest BCUT2D eigenvalue weighted by Crippen LogP contribution is 2.28. The molecule has 2 aromatic carbocycles. The molecule has 1 heterocycles. The summed E-state index contributed by atoms with van der Waals surface area (Å²) in [6.45, 7) is 5.53. The van der Waals surface area contributed by atoms with Crippen molar-refractivity contribution in [3.05, 3.63) is 64.7 Å². The third kappa shape index (κ3) is 4.73. The summed E-state index contributed by atoms with van der Waals surface area (Å²) in [5.74, 6) is 0.143. The van der Waals surface area contributed by atoms with E-state index < -0.39 is 0 Å². The summed E-state index contributed by atoms with van der Waals surface area (Å²) in [5, 5.41) is 0.986. The number of hydrogen-bond acceptors (Lipinski definition) is 3. The number of nitrogens with zero attached hydrogens (tertiary/aromatic N) is 2. The van der Waals surface area contributed by atoms with E-state index in [0.29, 0.717) is 6.54 Å². The van der Waals surface area contributed by atoms with E-state index in [1.807, 2.05) is 30.1 Å². The van der Waals surface area contributed by atoms with Crippen molar-refractivity contribution in [2.45, 2.75) is 32.9 Å². The van der Waals surface area contributed by atoms with Gasteiger partial charge in [0.2, 0.25) is 0 Å². The van der Waals surface area contributed by atoms with E-state index in [0.717, 1.165) is 23.5 Å².